The summed E-state index contributed by atoms with van der Waals surface area (Å²) in [6, 6.07) is 1.98. The van der Waals surface area contributed by atoms with Crippen molar-refractivity contribution in [1.29, 1.82) is 0 Å². The SMILES string of the molecule is CCCNc1cc(C)nc(CN2CCN(C)C2=O)n1. The Morgan fingerprint density at radius 3 is 2.79 bits per heavy atom. The molecule has 1 aromatic heterocycles. The molecule has 1 aliphatic rings. The molecule has 2 heterocycles. The topological polar surface area (TPSA) is 61.4 Å². The van der Waals surface area contributed by atoms with Gasteiger partial charge in [-0.15, -0.1) is 0 Å². The maximum absolute atomic E-state index is 11.8. The molecule has 0 bridgehead atoms. The van der Waals surface area contributed by atoms with E-state index in [0.717, 1.165) is 37.6 Å². The molecule has 6 nitrogen and oxygen atoms in total. The molecular weight excluding hydrogens is 242 g/mol. The van der Waals surface area contributed by atoms with Crippen LogP contribution in [0.4, 0.5) is 10.6 Å². The average Bonchev–Trinajstić information content (AvgIpc) is 2.68. The molecule has 1 N–H and O–H groups in total. The summed E-state index contributed by atoms with van der Waals surface area (Å²) >= 11 is 0. The first kappa shape index (κ1) is 13.6. The van der Waals surface area contributed by atoms with Gasteiger partial charge in [0, 0.05) is 38.4 Å². The highest BCUT2D eigenvalue weighted by Crippen LogP contribution is 2.12. The van der Waals surface area contributed by atoms with E-state index in [-0.39, 0.29) is 6.03 Å². The molecule has 6 heteroatoms. The molecule has 0 unspecified atom stereocenters. The number of likely N-dealkylation sites (N-methyl/N-ethyl adjacent to an activating group) is 1. The maximum Gasteiger partial charge on any atom is 0.320 e. The van der Waals surface area contributed by atoms with E-state index in [1.54, 1.807) is 9.80 Å². The molecule has 2 amide bonds. The number of aromatic nitrogens is 2. The zero-order valence-electron chi connectivity index (χ0n) is 11.8. The number of urea groups is 1. The summed E-state index contributed by atoms with van der Waals surface area (Å²) < 4.78 is 0. The molecule has 0 spiro atoms. The smallest absolute Gasteiger partial charge is 0.320 e. The highest BCUT2D eigenvalue weighted by atomic mass is 16.2. The van der Waals surface area contributed by atoms with Gasteiger partial charge in [-0.25, -0.2) is 14.8 Å². The number of amides is 2. The largest absolute Gasteiger partial charge is 0.370 e. The molecule has 1 fully saturated rings. The van der Waals surface area contributed by atoms with E-state index in [0.29, 0.717) is 12.4 Å². The zero-order valence-corrected chi connectivity index (χ0v) is 11.8. The van der Waals surface area contributed by atoms with Gasteiger partial charge in [-0.2, -0.15) is 0 Å². The van der Waals surface area contributed by atoms with Gasteiger partial charge in [0.2, 0.25) is 0 Å². The van der Waals surface area contributed by atoms with Gasteiger partial charge in [-0.3, -0.25) is 0 Å². The summed E-state index contributed by atoms with van der Waals surface area (Å²) in [5.74, 6) is 1.53. The minimum atomic E-state index is 0.0492. The second-order valence-electron chi connectivity index (χ2n) is 4.86. The lowest BCUT2D eigenvalue weighted by Crippen LogP contribution is -2.29. The molecule has 19 heavy (non-hydrogen) atoms. The van der Waals surface area contributed by atoms with Crippen molar-refractivity contribution in [2.75, 3.05) is 32.0 Å². The number of nitrogens with one attached hydrogen (secondary N) is 1. The predicted molar refractivity (Wildman–Crippen MR) is 74.0 cm³/mol. The Kier molecular flexibility index (Phi) is 4.19. The Bertz CT molecular complexity index is 462. The van der Waals surface area contributed by atoms with Gasteiger partial charge < -0.3 is 15.1 Å². The molecule has 0 aliphatic carbocycles. The number of anilines is 1. The normalized spacial score (nSPS) is 15.2. The van der Waals surface area contributed by atoms with Crippen molar-refractivity contribution in [3.8, 4) is 0 Å². The van der Waals surface area contributed by atoms with Gasteiger partial charge in [-0.05, 0) is 13.3 Å². The molecule has 1 aromatic rings. The van der Waals surface area contributed by atoms with E-state index < -0.39 is 0 Å². The van der Waals surface area contributed by atoms with E-state index in [9.17, 15) is 4.79 Å². The van der Waals surface area contributed by atoms with Gasteiger partial charge in [-0.1, -0.05) is 6.92 Å². The second kappa shape index (κ2) is 5.86. The van der Waals surface area contributed by atoms with E-state index in [1.165, 1.54) is 0 Å². The number of carbonyl (C=O) groups excluding carboxylic acids is 1. The van der Waals surface area contributed by atoms with Crippen LogP contribution in [-0.2, 0) is 6.54 Å². The standard InChI is InChI=1S/C13H21N5O/c1-4-5-14-11-8-10(2)15-12(16-11)9-18-7-6-17(3)13(18)19/h8H,4-7,9H2,1-3H3,(H,14,15,16). The van der Waals surface area contributed by atoms with Crippen LogP contribution >= 0.6 is 0 Å². The van der Waals surface area contributed by atoms with Crippen LogP contribution in [-0.4, -0.2) is 52.5 Å². The molecule has 0 saturated carbocycles. The summed E-state index contributed by atoms with van der Waals surface area (Å²) in [5.41, 5.74) is 0.920. The van der Waals surface area contributed by atoms with Gasteiger partial charge in [0.1, 0.15) is 11.6 Å². The first-order valence-corrected chi connectivity index (χ1v) is 6.68. The minimum Gasteiger partial charge on any atom is -0.370 e. The lowest BCUT2D eigenvalue weighted by Gasteiger charge is -2.15. The molecule has 1 aliphatic heterocycles. The van der Waals surface area contributed by atoms with Crippen LogP contribution in [0, 0.1) is 6.92 Å². The van der Waals surface area contributed by atoms with Gasteiger partial charge in [0.05, 0.1) is 6.54 Å². The van der Waals surface area contributed by atoms with E-state index in [1.807, 2.05) is 20.0 Å². The van der Waals surface area contributed by atoms with Gasteiger partial charge >= 0.3 is 6.03 Å². The van der Waals surface area contributed by atoms with Gasteiger partial charge in [0.15, 0.2) is 0 Å². The van der Waals surface area contributed by atoms with Crippen molar-refractivity contribution in [2.24, 2.45) is 0 Å². The fourth-order valence-electron chi connectivity index (χ4n) is 2.07. The number of hydrogen-bond acceptors (Lipinski definition) is 4. The predicted octanol–water partition coefficient (Wildman–Crippen LogP) is 1.47. The average molecular weight is 263 g/mol. The third kappa shape index (κ3) is 3.33. The molecule has 0 aromatic carbocycles. The van der Waals surface area contributed by atoms with Gasteiger partial charge in [0.25, 0.3) is 0 Å². The van der Waals surface area contributed by atoms with Crippen LogP contribution in [0.1, 0.15) is 24.9 Å². The van der Waals surface area contributed by atoms with E-state index >= 15 is 0 Å². The van der Waals surface area contributed by atoms with Crippen molar-refractivity contribution in [1.82, 2.24) is 19.8 Å². The highest BCUT2D eigenvalue weighted by Gasteiger charge is 2.25. The Morgan fingerprint density at radius 2 is 2.16 bits per heavy atom. The molecule has 0 radical (unpaired) electrons. The Morgan fingerprint density at radius 1 is 1.37 bits per heavy atom. The molecule has 0 atom stereocenters. The molecule has 2 rings (SSSR count). The minimum absolute atomic E-state index is 0.0492. The fourth-order valence-corrected chi connectivity index (χ4v) is 2.07. The fraction of sp³-hybridized carbons (Fsp3) is 0.615. The van der Waals surface area contributed by atoms with Crippen molar-refractivity contribution < 1.29 is 4.79 Å². The van der Waals surface area contributed by atoms with Crippen LogP contribution in [0.25, 0.3) is 0 Å². The monoisotopic (exact) mass is 263 g/mol. The van der Waals surface area contributed by atoms with Crippen LogP contribution in [0.15, 0.2) is 6.07 Å². The lowest BCUT2D eigenvalue weighted by molar-refractivity contribution is 0.196. The highest BCUT2D eigenvalue weighted by molar-refractivity contribution is 5.76. The molecular formula is C13H21N5O. The first-order valence-electron chi connectivity index (χ1n) is 6.68. The third-order valence-electron chi connectivity index (χ3n) is 3.09. The van der Waals surface area contributed by atoms with Crippen molar-refractivity contribution in [2.45, 2.75) is 26.8 Å². The maximum atomic E-state index is 11.8. The second-order valence-corrected chi connectivity index (χ2v) is 4.86. The van der Waals surface area contributed by atoms with Crippen molar-refractivity contribution >= 4 is 11.8 Å². The summed E-state index contributed by atoms with van der Waals surface area (Å²) in [6.07, 6.45) is 1.05. The number of carbonyl (C=O) groups is 1. The van der Waals surface area contributed by atoms with Crippen molar-refractivity contribution in [3.05, 3.63) is 17.6 Å². The number of nitrogens with zero attached hydrogens (tertiary/aromatic N) is 4. The van der Waals surface area contributed by atoms with E-state index in [2.05, 4.69) is 22.2 Å². The number of rotatable bonds is 5. The first-order chi connectivity index (χ1) is 9.10. The van der Waals surface area contributed by atoms with Crippen LogP contribution < -0.4 is 5.32 Å². The lowest BCUT2D eigenvalue weighted by atomic mass is 10.4. The zero-order chi connectivity index (χ0) is 13.8. The van der Waals surface area contributed by atoms with Crippen LogP contribution in [0.2, 0.25) is 0 Å². The summed E-state index contributed by atoms with van der Waals surface area (Å²) in [4.78, 5) is 24.2. The van der Waals surface area contributed by atoms with Crippen LogP contribution in [0.3, 0.4) is 0 Å². The summed E-state index contributed by atoms with van der Waals surface area (Å²) in [7, 11) is 1.81. The Hall–Kier alpha value is -1.85. The number of hydrogen-bond donors (Lipinski definition) is 1. The van der Waals surface area contributed by atoms with Crippen LogP contribution in [0.5, 0.6) is 0 Å². The molecule has 1 saturated heterocycles. The Labute approximate surface area is 113 Å². The Balaban J connectivity index is 2.07. The molecule has 104 valence electrons. The van der Waals surface area contributed by atoms with Crippen molar-refractivity contribution in [3.63, 3.8) is 0 Å². The number of aryl methyl sites for hydroxylation is 1. The quantitative estimate of drug-likeness (QED) is 0.874. The third-order valence-corrected chi connectivity index (χ3v) is 3.09. The van der Waals surface area contributed by atoms with E-state index in [4.69, 9.17) is 0 Å². The summed E-state index contributed by atoms with van der Waals surface area (Å²) in [5, 5.41) is 3.26. The summed E-state index contributed by atoms with van der Waals surface area (Å²) in [6.45, 7) is 6.93.